The molecule has 3 aromatic rings. The van der Waals surface area contributed by atoms with Crippen LogP contribution in [-0.2, 0) is 11.8 Å². The second-order valence-electron chi connectivity index (χ2n) is 6.44. The first-order valence-electron chi connectivity index (χ1n) is 8.87. The molecule has 0 bridgehead atoms. The Kier molecular flexibility index (Phi) is 5.49. The maximum absolute atomic E-state index is 12.8. The van der Waals surface area contributed by atoms with Crippen LogP contribution >= 0.6 is 0 Å². The molecule has 1 amide bonds. The van der Waals surface area contributed by atoms with Gasteiger partial charge in [-0.2, -0.15) is 5.10 Å². The number of pyridine rings is 1. The van der Waals surface area contributed by atoms with Gasteiger partial charge in [0.2, 0.25) is 0 Å². The Hall–Kier alpha value is -3.22. The summed E-state index contributed by atoms with van der Waals surface area (Å²) in [5.74, 6) is -1.03. The van der Waals surface area contributed by atoms with E-state index in [0.29, 0.717) is 36.3 Å². The normalized spacial score (nSPS) is 10.9. The number of nitrogens with one attached hydrogen (secondary N) is 1. The third-order valence-electron chi connectivity index (χ3n) is 4.39. The molecule has 7 nitrogen and oxygen atoms in total. The van der Waals surface area contributed by atoms with E-state index in [9.17, 15) is 9.59 Å². The lowest BCUT2D eigenvalue weighted by Gasteiger charge is -2.09. The predicted molar refractivity (Wildman–Crippen MR) is 103 cm³/mol. The van der Waals surface area contributed by atoms with Gasteiger partial charge in [0.1, 0.15) is 0 Å². The molecule has 7 heteroatoms. The van der Waals surface area contributed by atoms with Crippen LogP contribution in [0.5, 0.6) is 0 Å². The van der Waals surface area contributed by atoms with E-state index < -0.39 is 5.97 Å². The fourth-order valence-electron chi connectivity index (χ4n) is 3.08. The van der Waals surface area contributed by atoms with Gasteiger partial charge in [0.05, 0.1) is 22.3 Å². The number of carboxylic acid groups (broad SMARTS) is 1. The monoisotopic (exact) mass is 366 g/mol. The van der Waals surface area contributed by atoms with Gasteiger partial charge in [0, 0.05) is 25.6 Å². The number of aliphatic carboxylic acids is 1. The van der Waals surface area contributed by atoms with Crippen molar-refractivity contribution in [3.05, 3.63) is 47.7 Å². The summed E-state index contributed by atoms with van der Waals surface area (Å²) in [5.41, 5.74) is 3.57. The number of carbonyl (C=O) groups excluding carboxylic acids is 1. The molecule has 27 heavy (non-hydrogen) atoms. The molecule has 3 rings (SSSR count). The first kappa shape index (κ1) is 18.6. The average molecular weight is 366 g/mol. The highest BCUT2D eigenvalue weighted by atomic mass is 16.4. The van der Waals surface area contributed by atoms with Crippen LogP contribution in [0.3, 0.4) is 0 Å². The van der Waals surface area contributed by atoms with Gasteiger partial charge in [0.25, 0.3) is 5.91 Å². The molecule has 0 unspecified atom stereocenters. The topological polar surface area (TPSA) is 97.1 Å². The molecule has 0 saturated heterocycles. The van der Waals surface area contributed by atoms with Gasteiger partial charge in [0.15, 0.2) is 5.65 Å². The number of benzene rings is 1. The Balaban J connectivity index is 1.91. The Bertz CT molecular complexity index is 980. The van der Waals surface area contributed by atoms with Crippen molar-refractivity contribution in [3.8, 4) is 11.3 Å². The van der Waals surface area contributed by atoms with E-state index in [1.165, 1.54) is 0 Å². The lowest BCUT2D eigenvalue weighted by Crippen LogP contribution is -2.25. The van der Waals surface area contributed by atoms with E-state index in [4.69, 9.17) is 10.1 Å². The van der Waals surface area contributed by atoms with E-state index in [2.05, 4.69) is 10.4 Å². The Morgan fingerprint density at radius 1 is 1.19 bits per heavy atom. The molecule has 0 aliphatic heterocycles. The number of aromatic nitrogens is 3. The minimum atomic E-state index is -0.823. The number of carbonyl (C=O) groups is 2. The van der Waals surface area contributed by atoms with Gasteiger partial charge < -0.3 is 10.4 Å². The minimum absolute atomic E-state index is 0.106. The van der Waals surface area contributed by atoms with E-state index >= 15 is 0 Å². The SMILES string of the molecule is Cc1nn(C)c2nc(-c3ccccc3)cc(C(=O)NCCCCC(=O)O)c12. The van der Waals surface area contributed by atoms with Crippen LogP contribution in [-0.4, -0.2) is 38.3 Å². The molecule has 0 aliphatic carbocycles. The number of carboxylic acids is 1. The summed E-state index contributed by atoms with van der Waals surface area (Å²) >= 11 is 0. The fourth-order valence-corrected chi connectivity index (χ4v) is 3.08. The first-order chi connectivity index (χ1) is 13.0. The highest BCUT2D eigenvalue weighted by molar-refractivity contribution is 6.07. The van der Waals surface area contributed by atoms with Crippen LogP contribution in [0.15, 0.2) is 36.4 Å². The molecule has 0 fully saturated rings. The highest BCUT2D eigenvalue weighted by Gasteiger charge is 2.19. The van der Waals surface area contributed by atoms with Crippen LogP contribution in [0.2, 0.25) is 0 Å². The summed E-state index contributed by atoms with van der Waals surface area (Å²) in [5, 5.41) is 16.7. The molecule has 0 saturated carbocycles. The number of aryl methyl sites for hydroxylation is 2. The highest BCUT2D eigenvalue weighted by Crippen LogP contribution is 2.26. The number of rotatable bonds is 7. The molecule has 0 atom stereocenters. The fraction of sp³-hybridized carbons (Fsp3) is 0.300. The summed E-state index contributed by atoms with van der Waals surface area (Å²) in [7, 11) is 1.81. The second kappa shape index (κ2) is 7.99. The van der Waals surface area contributed by atoms with Crippen molar-refractivity contribution in [2.24, 2.45) is 7.05 Å². The molecule has 0 aliphatic rings. The maximum atomic E-state index is 12.8. The van der Waals surface area contributed by atoms with Crippen molar-refractivity contribution in [2.45, 2.75) is 26.2 Å². The quantitative estimate of drug-likeness (QED) is 0.627. The molecule has 2 heterocycles. The smallest absolute Gasteiger partial charge is 0.303 e. The predicted octanol–water partition coefficient (Wildman–Crippen LogP) is 2.93. The number of amides is 1. The maximum Gasteiger partial charge on any atom is 0.303 e. The zero-order chi connectivity index (χ0) is 19.4. The molecule has 1 aromatic carbocycles. The zero-order valence-electron chi connectivity index (χ0n) is 15.4. The number of nitrogens with zero attached hydrogens (tertiary/aromatic N) is 3. The molecule has 2 N–H and O–H groups in total. The molecule has 0 spiro atoms. The van der Waals surface area contributed by atoms with Gasteiger partial charge in [-0.15, -0.1) is 0 Å². The van der Waals surface area contributed by atoms with Gasteiger partial charge in [-0.3, -0.25) is 14.3 Å². The van der Waals surface area contributed by atoms with Crippen molar-refractivity contribution >= 4 is 22.9 Å². The summed E-state index contributed by atoms with van der Waals surface area (Å²) in [6, 6.07) is 11.5. The van der Waals surface area contributed by atoms with E-state index in [-0.39, 0.29) is 12.3 Å². The summed E-state index contributed by atoms with van der Waals surface area (Å²) < 4.78 is 1.68. The Labute approximate surface area is 157 Å². The largest absolute Gasteiger partial charge is 0.481 e. The standard InChI is InChI=1S/C20H22N4O3/c1-13-18-15(20(27)21-11-7-6-10-17(25)26)12-16(14-8-4-3-5-9-14)22-19(18)24(2)23-13/h3-5,8-9,12H,6-7,10-11H2,1-2H3,(H,21,27)(H,25,26). The van der Waals surface area contributed by atoms with Crippen molar-refractivity contribution in [1.29, 1.82) is 0 Å². The number of fused-ring (bicyclic) bond motifs is 1. The van der Waals surface area contributed by atoms with Crippen molar-refractivity contribution in [2.75, 3.05) is 6.54 Å². The Morgan fingerprint density at radius 2 is 1.93 bits per heavy atom. The summed E-state index contributed by atoms with van der Waals surface area (Å²) in [4.78, 5) is 28.1. The molecule has 2 aromatic heterocycles. The number of unbranched alkanes of at least 4 members (excludes halogenated alkanes) is 1. The van der Waals surface area contributed by atoms with Gasteiger partial charge in [-0.1, -0.05) is 30.3 Å². The summed E-state index contributed by atoms with van der Waals surface area (Å²) in [6.45, 7) is 2.28. The van der Waals surface area contributed by atoms with Crippen molar-refractivity contribution in [3.63, 3.8) is 0 Å². The summed E-state index contributed by atoms with van der Waals surface area (Å²) in [6.07, 6.45) is 1.25. The minimum Gasteiger partial charge on any atom is -0.481 e. The molecule has 140 valence electrons. The third kappa shape index (κ3) is 4.13. The molecule has 0 radical (unpaired) electrons. The van der Waals surface area contributed by atoms with E-state index in [0.717, 1.165) is 16.6 Å². The van der Waals surface area contributed by atoms with Crippen LogP contribution in [0.25, 0.3) is 22.3 Å². The van der Waals surface area contributed by atoms with Crippen molar-refractivity contribution in [1.82, 2.24) is 20.1 Å². The van der Waals surface area contributed by atoms with Gasteiger partial charge >= 0.3 is 5.97 Å². The molecular formula is C20H22N4O3. The lowest BCUT2D eigenvalue weighted by atomic mass is 10.0. The van der Waals surface area contributed by atoms with Gasteiger partial charge in [-0.25, -0.2) is 4.98 Å². The van der Waals surface area contributed by atoms with Crippen molar-refractivity contribution < 1.29 is 14.7 Å². The van der Waals surface area contributed by atoms with Crippen LogP contribution in [0, 0.1) is 6.92 Å². The van der Waals surface area contributed by atoms with Crippen LogP contribution in [0.4, 0.5) is 0 Å². The van der Waals surface area contributed by atoms with Crippen LogP contribution < -0.4 is 5.32 Å². The average Bonchev–Trinajstić information content (AvgIpc) is 2.95. The lowest BCUT2D eigenvalue weighted by molar-refractivity contribution is -0.137. The van der Waals surface area contributed by atoms with E-state index in [1.807, 2.05) is 44.3 Å². The van der Waals surface area contributed by atoms with Crippen LogP contribution in [0.1, 0.15) is 35.3 Å². The Morgan fingerprint density at radius 3 is 2.63 bits per heavy atom. The van der Waals surface area contributed by atoms with E-state index in [1.54, 1.807) is 10.7 Å². The molecular weight excluding hydrogens is 344 g/mol. The second-order valence-corrected chi connectivity index (χ2v) is 6.44. The zero-order valence-corrected chi connectivity index (χ0v) is 15.4. The number of hydrogen-bond donors (Lipinski definition) is 2. The third-order valence-corrected chi connectivity index (χ3v) is 4.39. The van der Waals surface area contributed by atoms with Gasteiger partial charge in [-0.05, 0) is 25.8 Å². The number of hydrogen-bond acceptors (Lipinski definition) is 4. The first-order valence-corrected chi connectivity index (χ1v) is 8.87.